The summed E-state index contributed by atoms with van der Waals surface area (Å²) in [5.74, 6) is 0.939. The second kappa shape index (κ2) is 4.53. The summed E-state index contributed by atoms with van der Waals surface area (Å²) in [7, 11) is 2.00. The van der Waals surface area contributed by atoms with Crippen molar-refractivity contribution in [2.24, 2.45) is 5.92 Å². The lowest BCUT2D eigenvalue weighted by Gasteiger charge is -2.05. The van der Waals surface area contributed by atoms with Crippen LogP contribution in [0.2, 0.25) is 0 Å². The van der Waals surface area contributed by atoms with Crippen molar-refractivity contribution in [1.29, 1.82) is 0 Å². The first-order valence-electron chi connectivity index (χ1n) is 6.59. The molecule has 1 aliphatic rings. The quantitative estimate of drug-likeness (QED) is 0.832. The maximum absolute atomic E-state index is 3.20. The van der Waals surface area contributed by atoms with E-state index < -0.39 is 0 Å². The van der Waals surface area contributed by atoms with Crippen LogP contribution in [0.25, 0.3) is 10.9 Å². The zero-order valence-electron chi connectivity index (χ0n) is 10.4. The average Bonchev–Trinajstić information content (AvgIpc) is 3.08. The highest BCUT2D eigenvalue weighted by Gasteiger charge is 2.21. The molecule has 1 saturated carbocycles. The molecular weight excluding hydrogens is 208 g/mol. The van der Waals surface area contributed by atoms with Gasteiger partial charge >= 0.3 is 0 Å². The summed E-state index contributed by atoms with van der Waals surface area (Å²) in [6.07, 6.45) is 6.19. The fourth-order valence-corrected chi connectivity index (χ4v) is 2.41. The Hall–Kier alpha value is -1.28. The third-order valence-electron chi connectivity index (χ3n) is 3.65. The Balaban J connectivity index is 1.84. The second-order valence-electron chi connectivity index (χ2n) is 5.16. The minimum absolute atomic E-state index is 0.939. The Morgan fingerprint density at radius 3 is 2.94 bits per heavy atom. The van der Waals surface area contributed by atoms with Crippen LogP contribution in [0.3, 0.4) is 0 Å². The molecule has 1 aromatic heterocycles. The maximum Gasteiger partial charge on any atom is 0.0480 e. The highest BCUT2D eigenvalue weighted by atomic mass is 15.0. The molecule has 1 heterocycles. The summed E-state index contributed by atoms with van der Waals surface area (Å²) in [6, 6.07) is 9.13. The van der Waals surface area contributed by atoms with Gasteiger partial charge in [-0.2, -0.15) is 0 Å². The largest absolute Gasteiger partial charge is 0.347 e. The Morgan fingerprint density at radius 2 is 2.18 bits per heavy atom. The van der Waals surface area contributed by atoms with Crippen LogP contribution in [-0.2, 0) is 13.0 Å². The summed E-state index contributed by atoms with van der Waals surface area (Å²) >= 11 is 0. The van der Waals surface area contributed by atoms with Crippen molar-refractivity contribution < 1.29 is 0 Å². The molecule has 0 saturated heterocycles. The Kier molecular flexibility index (Phi) is 2.89. The summed E-state index contributed by atoms with van der Waals surface area (Å²) < 4.78 is 2.41. The zero-order valence-corrected chi connectivity index (χ0v) is 10.4. The number of nitrogens with zero attached hydrogens (tertiary/aromatic N) is 1. The van der Waals surface area contributed by atoms with Crippen molar-refractivity contribution in [3.63, 3.8) is 0 Å². The molecule has 3 rings (SSSR count). The number of hydrogen-bond acceptors (Lipinski definition) is 1. The van der Waals surface area contributed by atoms with Crippen molar-refractivity contribution >= 4 is 10.9 Å². The molecule has 0 unspecified atom stereocenters. The molecule has 0 spiro atoms. The van der Waals surface area contributed by atoms with Crippen LogP contribution in [0.15, 0.2) is 30.5 Å². The number of fused-ring (bicyclic) bond motifs is 1. The molecular formula is C15H20N2. The molecule has 2 aromatic rings. The van der Waals surface area contributed by atoms with Gasteiger partial charge in [0.1, 0.15) is 0 Å². The number of rotatable bonds is 5. The van der Waals surface area contributed by atoms with E-state index in [0.717, 1.165) is 18.9 Å². The second-order valence-corrected chi connectivity index (χ2v) is 5.16. The Morgan fingerprint density at radius 1 is 1.29 bits per heavy atom. The van der Waals surface area contributed by atoms with Gasteiger partial charge in [0.05, 0.1) is 0 Å². The van der Waals surface area contributed by atoms with Crippen LogP contribution in [0, 0.1) is 5.92 Å². The lowest BCUT2D eigenvalue weighted by Crippen LogP contribution is -2.10. The third-order valence-corrected chi connectivity index (χ3v) is 3.65. The summed E-state index contributed by atoms with van der Waals surface area (Å²) in [4.78, 5) is 0. The molecule has 0 radical (unpaired) electrons. The highest BCUT2D eigenvalue weighted by Crippen LogP contribution is 2.32. The van der Waals surface area contributed by atoms with Gasteiger partial charge in [-0.1, -0.05) is 6.07 Å². The van der Waals surface area contributed by atoms with Crippen molar-refractivity contribution in [3.8, 4) is 0 Å². The number of benzene rings is 1. The molecule has 90 valence electrons. The van der Waals surface area contributed by atoms with E-state index in [4.69, 9.17) is 0 Å². The number of nitrogens with one attached hydrogen (secondary N) is 1. The third kappa shape index (κ3) is 2.37. The SMILES string of the molecule is CNCCc1ccc2c(ccn2CC2CC2)c1. The highest BCUT2D eigenvalue weighted by molar-refractivity contribution is 5.80. The van der Waals surface area contributed by atoms with Gasteiger partial charge in [0.25, 0.3) is 0 Å². The normalized spacial score (nSPS) is 15.6. The molecule has 1 aliphatic carbocycles. The van der Waals surface area contributed by atoms with Gasteiger partial charge in [-0.25, -0.2) is 0 Å². The summed E-state index contributed by atoms with van der Waals surface area (Å²) in [5, 5.41) is 4.59. The Bertz CT molecular complexity index is 509. The average molecular weight is 228 g/mol. The molecule has 2 nitrogen and oxygen atoms in total. The number of likely N-dealkylation sites (N-methyl/N-ethyl adjacent to an activating group) is 1. The van der Waals surface area contributed by atoms with Crippen LogP contribution in [-0.4, -0.2) is 18.2 Å². The van der Waals surface area contributed by atoms with E-state index in [1.165, 1.54) is 35.9 Å². The van der Waals surface area contributed by atoms with E-state index in [1.807, 2.05) is 7.05 Å². The monoisotopic (exact) mass is 228 g/mol. The van der Waals surface area contributed by atoms with E-state index in [-0.39, 0.29) is 0 Å². The first kappa shape index (κ1) is 10.8. The van der Waals surface area contributed by atoms with Gasteiger partial charge in [-0.15, -0.1) is 0 Å². The van der Waals surface area contributed by atoms with Crippen LogP contribution >= 0.6 is 0 Å². The minimum atomic E-state index is 0.939. The van der Waals surface area contributed by atoms with Crippen LogP contribution < -0.4 is 5.32 Å². The van der Waals surface area contributed by atoms with E-state index in [9.17, 15) is 0 Å². The number of aromatic nitrogens is 1. The van der Waals surface area contributed by atoms with Crippen molar-refractivity contribution in [2.75, 3.05) is 13.6 Å². The molecule has 0 aliphatic heterocycles. The van der Waals surface area contributed by atoms with Crippen molar-refractivity contribution in [3.05, 3.63) is 36.0 Å². The van der Waals surface area contributed by atoms with Crippen molar-refractivity contribution in [2.45, 2.75) is 25.8 Å². The van der Waals surface area contributed by atoms with Gasteiger partial charge in [0, 0.05) is 18.3 Å². The fourth-order valence-electron chi connectivity index (χ4n) is 2.41. The first-order valence-corrected chi connectivity index (χ1v) is 6.59. The maximum atomic E-state index is 3.20. The molecule has 0 amide bonds. The van der Waals surface area contributed by atoms with Gasteiger partial charge in [0.2, 0.25) is 0 Å². The van der Waals surface area contributed by atoms with E-state index in [0.29, 0.717) is 0 Å². The fraction of sp³-hybridized carbons (Fsp3) is 0.467. The predicted molar refractivity (Wildman–Crippen MR) is 72.3 cm³/mol. The minimum Gasteiger partial charge on any atom is -0.347 e. The molecule has 1 N–H and O–H groups in total. The number of hydrogen-bond donors (Lipinski definition) is 1. The van der Waals surface area contributed by atoms with Gasteiger partial charge in [0.15, 0.2) is 0 Å². The van der Waals surface area contributed by atoms with Gasteiger partial charge in [-0.05, 0) is 67.9 Å². The lowest BCUT2D eigenvalue weighted by atomic mass is 10.1. The molecule has 2 heteroatoms. The van der Waals surface area contributed by atoms with E-state index in [2.05, 4.69) is 40.3 Å². The Labute approximate surface area is 103 Å². The van der Waals surface area contributed by atoms with Gasteiger partial charge < -0.3 is 9.88 Å². The molecule has 1 aromatic carbocycles. The predicted octanol–water partition coefficient (Wildman–Crippen LogP) is 2.81. The van der Waals surface area contributed by atoms with Crippen LogP contribution in [0.4, 0.5) is 0 Å². The standard InChI is InChI=1S/C15H20N2/c1-16-8-6-12-4-5-15-14(10-12)7-9-17(15)11-13-2-3-13/h4-5,7,9-10,13,16H,2-3,6,8,11H2,1H3. The van der Waals surface area contributed by atoms with Crippen molar-refractivity contribution in [1.82, 2.24) is 9.88 Å². The topological polar surface area (TPSA) is 17.0 Å². The molecule has 17 heavy (non-hydrogen) atoms. The van der Waals surface area contributed by atoms with E-state index in [1.54, 1.807) is 0 Å². The summed E-state index contributed by atoms with van der Waals surface area (Å²) in [6.45, 7) is 2.26. The molecule has 0 atom stereocenters. The zero-order chi connectivity index (χ0) is 11.7. The van der Waals surface area contributed by atoms with Gasteiger partial charge in [-0.3, -0.25) is 0 Å². The molecule has 0 bridgehead atoms. The molecule has 1 fully saturated rings. The van der Waals surface area contributed by atoms with E-state index >= 15 is 0 Å². The smallest absolute Gasteiger partial charge is 0.0480 e. The lowest BCUT2D eigenvalue weighted by molar-refractivity contribution is 0.647. The van der Waals surface area contributed by atoms with Crippen LogP contribution in [0.1, 0.15) is 18.4 Å². The summed E-state index contributed by atoms with van der Waals surface area (Å²) in [5.41, 5.74) is 2.82. The first-order chi connectivity index (χ1) is 8.36. The van der Waals surface area contributed by atoms with Crippen LogP contribution in [0.5, 0.6) is 0 Å².